The summed E-state index contributed by atoms with van der Waals surface area (Å²) in [6.45, 7) is 4.27. The fourth-order valence-electron chi connectivity index (χ4n) is 2.31. The molecule has 0 aliphatic carbocycles. The Bertz CT molecular complexity index is 384. The predicted octanol–water partition coefficient (Wildman–Crippen LogP) is 6.50. The summed E-state index contributed by atoms with van der Waals surface area (Å²) in [5, 5.41) is 0.886. The summed E-state index contributed by atoms with van der Waals surface area (Å²) in [6, 6.07) is 3.74. The molecule has 1 aromatic heterocycles. The maximum absolute atomic E-state index is 11.7. The molecule has 0 bridgehead atoms. The molecule has 0 saturated heterocycles. The van der Waals surface area contributed by atoms with Crippen LogP contribution >= 0.6 is 11.8 Å². The number of hydrogen-bond donors (Lipinski definition) is 0. The largest absolute Gasteiger partial charge is 0.447 e. The normalized spacial score (nSPS) is 11.0. The molecule has 0 saturated carbocycles. The standard InChI is InChI=1S/C18H30O2S/c1-3-5-6-7-8-9-10-11-15-21-18-14-13-17(20-18)16(19)12-4-2/h13-14H,3-12,15H2,1-2H3. The highest BCUT2D eigenvalue weighted by molar-refractivity contribution is 7.99. The second kappa shape index (κ2) is 11.9. The fraction of sp³-hybridized carbons (Fsp3) is 0.722. The smallest absolute Gasteiger partial charge is 0.198 e. The first-order valence-electron chi connectivity index (χ1n) is 8.53. The van der Waals surface area contributed by atoms with E-state index < -0.39 is 0 Å². The van der Waals surface area contributed by atoms with E-state index in [0.717, 1.165) is 17.3 Å². The number of thioether (sulfide) groups is 1. The maximum Gasteiger partial charge on any atom is 0.198 e. The van der Waals surface area contributed by atoms with Crippen molar-refractivity contribution in [2.45, 2.75) is 83.1 Å². The third-order valence-corrected chi connectivity index (χ3v) is 4.57. The number of furan rings is 1. The number of unbranched alkanes of at least 4 members (excludes halogenated alkanes) is 7. The van der Waals surface area contributed by atoms with Crippen LogP contribution in [0.3, 0.4) is 0 Å². The molecule has 3 heteroatoms. The molecule has 0 aliphatic heterocycles. The summed E-state index contributed by atoms with van der Waals surface area (Å²) in [7, 11) is 0. The van der Waals surface area contributed by atoms with Crippen LogP contribution in [0, 0.1) is 0 Å². The van der Waals surface area contributed by atoms with Crippen LogP contribution in [0.5, 0.6) is 0 Å². The van der Waals surface area contributed by atoms with E-state index in [0.29, 0.717) is 12.2 Å². The summed E-state index contributed by atoms with van der Waals surface area (Å²) < 4.78 is 5.58. The minimum atomic E-state index is 0.122. The van der Waals surface area contributed by atoms with Gasteiger partial charge in [-0.15, -0.1) is 0 Å². The first kappa shape index (κ1) is 18.3. The van der Waals surface area contributed by atoms with Crippen molar-refractivity contribution in [3.05, 3.63) is 17.9 Å². The van der Waals surface area contributed by atoms with Crippen molar-refractivity contribution in [1.82, 2.24) is 0 Å². The van der Waals surface area contributed by atoms with E-state index in [-0.39, 0.29) is 5.78 Å². The van der Waals surface area contributed by atoms with Gasteiger partial charge in [0.1, 0.15) is 0 Å². The van der Waals surface area contributed by atoms with Gasteiger partial charge in [-0.3, -0.25) is 4.79 Å². The van der Waals surface area contributed by atoms with Gasteiger partial charge >= 0.3 is 0 Å². The Morgan fingerprint density at radius 1 is 0.952 bits per heavy atom. The van der Waals surface area contributed by atoms with Gasteiger partial charge in [-0.25, -0.2) is 0 Å². The number of Topliss-reactive ketones (excluding diaryl/α,β-unsaturated/α-hetero) is 1. The molecule has 0 unspecified atom stereocenters. The zero-order chi connectivity index (χ0) is 15.3. The molecule has 1 heterocycles. The predicted molar refractivity (Wildman–Crippen MR) is 91.3 cm³/mol. The highest BCUT2D eigenvalue weighted by Crippen LogP contribution is 2.23. The van der Waals surface area contributed by atoms with Crippen LogP contribution in [0.1, 0.15) is 88.6 Å². The minimum Gasteiger partial charge on any atom is -0.447 e. The van der Waals surface area contributed by atoms with Gasteiger partial charge in [-0.2, -0.15) is 0 Å². The van der Waals surface area contributed by atoms with E-state index in [4.69, 9.17) is 4.42 Å². The van der Waals surface area contributed by atoms with E-state index >= 15 is 0 Å². The first-order valence-corrected chi connectivity index (χ1v) is 9.52. The average Bonchev–Trinajstić information content (AvgIpc) is 2.95. The zero-order valence-corrected chi connectivity index (χ0v) is 14.5. The molecule has 0 aliphatic rings. The molecule has 2 nitrogen and oxygen atoms in total. The van der Waals surface area contributed by atoms with Gasteiger partial charge in [-0.05, 0) is 25.0 Å². The van der Waals surface area contributed by atoms with Crippen molar-refractivity contribution in [3.8, 4) is 0 Å². The Balaban J connectivity index is 2.04. The van der Waals surface area contributed by atoms with Gasteiger partial charge in [0.25, 0.3) is 0 Å². The number of carbonyl (C=O) groups is 1. The molecule has 0 spiro atoms. The first-order chi connectivity index (χ1) is 10.3. The number of carbonyl (C=O) groups excluding carboxylic acids is 1. The molecular weight excluding hydrogens is 280 g/mol. The topological polar surface area (TPSA) is 30.2 Å². The van der Waals surface area contributed by atoms with Crippen LogP contribution in [0.4, 0.5) is 0 Å². The van der Waals surface area contributed by atoms with Gasteiger partial charge in [0.2, 0.25) is 0 Å². The zero-order valence-electron chi connectivity index (χ0n) is 13.7. The van der Waals surface area contributed by atoms with Crippen LogP contribution in [-0.4, -0.2) is 11.5 Å². The second-order valence-electron chi connectivity index (χ2n) is 5.62. The quantitative estimate of drug-likeness (QED) is 0.237. The Hall–Kier alpha value is -0.700. The van der Waals surface area contributed by atoms with Crippen molar-refractivity contribution < 1.29 is 9.21 Å². The maximum atomic E-state index is 11.7. The average molecular weight is 311 g/mol. The van der Waals surface area contributed by atoms with Gasteiger partial charge in [-0.1, -0.05) is 70.6 Å². The number of ketones is 1. The van der Waals surface area contributed by atoms with E-state index in [1.807, 2.05) is 19.1 Å². The van der Waals surface area contributed by atoms with Gasteiger partial charge in [0.15, 0.2) is 16.6 Å². The molecule has 0 radical (unpaired) electrons. The molecule has 1 aromatic rings. The second-order valence-corrected chi connectivity index (χ2v) is 6.71. The van der Waals surface area contributed by atoms with Gasteiger partial charge in [0, 0.05) is 12.2 Å². The van der Waals surface area contributed by atoms with Crippen molar-refractivity contribution in [1.29, 1.82) is 0 Å². The van der Waals surface area contributed by atoms with Crippen molar-refractivity contribution in [2.24, 2.45) is 0 Å². The molecule has 21 heavy (non-hydrogen) atoms. The third-order valence-electron chi connectivity index (χ3n) is 3.58. The molecule has 0 fully saturated rings. The third kappa shape index (κ3) is 8.35. The van der Waals surface area contributed by atoms with Crippen LogP contribution in [0.25, 0.3) is 0 Å². The van der Waals surface area contributed by atoms with Crippen molar-refractivity contribution >= 4 is 17.5 Å². The SMILES string of the molecule is CCCCCCCCCCSc1ccc(C(=O)CCC)o1. The number of hydrogen-bond acceptors (Lipinski definition) is 3. The lowest BCUT2D eigenvalue weighted by molar-refractivity contribution is 0.0950. The Morgan fingerprint density at radius 3 is 2.29 bits per heavy atom. The van der Waals surface area contributed by atoms with E-state index in [2.05, 4.69) is 6.92 Å². The molecular formula is C18H30O2S. The van der Waals surface area contributed by atoms with Crippen LogP contribution in [-0.2, 0) is 0 Å². The molecule has 120 valence electrons. The van der Waals surface area contributed by atoms with Crippen LogP contribution < -0.4 is 0 Å². The highest BCUT2D eigenvalue weighted by atomic mass is 32.2. The van der Waals surface area contributed by atoms with Crippen molar-refractivity contribution in [3.63, 3.8) is 0 Å². The lowest BCUT2D eigenvalue weighted by Crippen LogP contribution is -1.94. The Kier molecular flexibility index (Phi) is 10.4. The molecule has 1 rings (SSSR count). The molecule has 0 atom stereocenters. The van der Waals surface area contributed by atoms with Crippen LogP contribution in [0.2, 0.25) is 0 Å². The van der Waals surface area contributed by atoms with E-state index in [1.54, 1.807) is 11.8 Å². The highest BCUT2D eigenvalue weighted by Gasteiger charge is 2.10. The summed E-state index contributed by atoms with van der Waals surface area (Å²) in [4.78, 5) is 11.7. The fourth-order valence-corrected chi connectivity index (χ4v) is 3.17. The number of rotatable bonds is 13. The minimum absolute atomic E-state index is 0.122. The monoisotopic (exact) mass is 310 g/mol. The lowest BCUT2D eigenvalue weighted by Gasteiger charge is -2.01. The molecule has 0 aromatic carbocycles. The lowest BCUT2D eigenvalue weighted by atomic mass is 10.1. The van der Waals surface area contributed by atoms with Crippen LogP contribution in [0.15, 0.2) is 21.6 Å². The van der Waals surface area contributed by atoms with Gasteiger partial charge in [0.05, 0.1) is 0 Å². The summed E-state index contributed by atoms with van der Waals surface area (Å²) in [6.07, 6.45) is 12.2. The van der Waals surface area contributed by atoms with E-state index in [1.165, 1.54) is 51.4 Å². The van der Waals surface area contributed by atoms with Crippen molar-refractivity contribution in [2.75, 3.05) is 5.75 Å². The summed E-state index contributed by atoms with van der Waals surface area (Å²) in [5.74, 6) is 1.73. The molecule has 0 N–H and O–H groups in total. The summed E-state index contributed by atoms with van der Waals surface area (Å²) in [5.41, 5.74) is 0. The Labute approximate surface area is 134 Å². The van der Waals surface area contributed by atoms with Gasteiger partial charge < -0.3 is 4.42 Å². The summed E-state index contributed by atoms with van der Waals surface area (Å²) >= 11 is 1.73. The Morgan fingerprint density at radius 2 is 1.62 bits per heavy atom. The molecule has 0 amide bonds. The van der Waals surface area contributed by atoms with E-state index in [9.17, 15) is 4.79 Å².